The fraction of sp³-hybridized carbons (Fsp3) is 0.211. The summed E-state index contributed by atoms with van der Waals surface area (Å²) < 4.78 is 0. The third-order valence-electron chi connectivity index (χ3n) is 3.64. The van der Waals surface area contributed by atoms with E-state index in [0.717, 1.165) is 0 Å². The first kappa shape index (κ1) is 19.5. The van der Waals surface area contributed by atoms with Crippen molar-refractivity contribution in [2.75, 3.05) is 17.7 Å². The molecule has 0 unspecified atom stereocenters. The maximum absolute atomic E-state index is 12.4. The van der Waals surface area contributed by atoms with Crippen LogP contribution in [0.25, 0.3) is 0 Å². The highest BCUT2D eigenvalue weighted by molar-refractivity contribution is 6.34. The maximum atomic E-state index is 12.4. The van der Waals surface area contributed by atoms with Crippen LogP contribution in [0.1, 0.15) is 34.6 Å². The summed E-state index contributed by atoms with van der Waals surface area (Å²) in [5.74, 6) is -0.877. The Kier molecular flexibility index (Phi) is 6.36. The summed E-state index contributed by atoms with van der Waals surface area (Å²) in [7, 11) is 1.52. The van der Waals surface area contributed by atoms with Crippen LogP contribution in [0.2, 0.25) is 5.02 Å². The van der Waals surface area contributed by atoms with Gasteiger partial charge >= 0.3 is 0 Å². The van der Waals surface area contributed by atoms with Gasteiger partial charge in [-0.25, -0.2) is 0 Å². The maximum Gasteiger partial charge on any atom is 0.255 e. The largest absolute Gasteiger partial charge is 0.355 e. The average molecular weight is 374 g/mol. The molecule has 2 aromatic carbocycles. The third kappa shape index (κ3) is 4.83. The zero-order chi connectivity index (χ0) is 19.3. The predicted molar refractivity (Wildman–Crippen MR) is 103 cm³/mol. The van der Waals surface area contributed by atoms with E-state index >= 15 is 0 Å². The molecular formula is C19H20ClN3O3. The van der Waals surface area contributed by atoms with Gasteiger partial charge in [-0.05, 0) is 42.5 Å². The summed E-state index contributed by atoms with van der Waals surface area (Å²) in [6.45, 7) is 3.60. The summed E-state index contributed by atoms with van der Waals surface area (Å²) in [5, 5.41) is 8.28. The van der Waals surface area contributed by atoms with Crippen molar-refractivity contribution in [2.24, 2.45) is 5.92 Å². The number of carbonyl (C=O) groups excluding carboxylic acids is 3. The molecule has 0 aliphatic carbocycles. The molecular weight excluding hydrogens is 354 g/mol. The lowest BCUT2D eigenvalue weighted by molar-refractivity contribution is -0.118. The van der Waals surface area contributed by atoms with Gasteiger partial charge < -0.3 is 16.0 Å². The third-order valence-corrected chi connectivity index (χ3v) is 3.97. The normalized spacial score (nSPS) is 10.3. The molecule has 2 aromatic rings. The van der Waals surface area contributed by atoms with Crippen molar-refractivity contribution in [3.05, 3.63) is 58.6 Å². The van der Waals surface area contributed by atoms with Gasteiger partial charge in [0.05, 0.1) is 10.7 Å². The van der Waals surface area contributed by atoms with Gasteiger partial charge in [0.25, 0.3) is 11.8 Å². The summed E-state index contributed by atoms with van der Waals surface area (Å²) in [4.78, 5) is 35.8. The van der Waals surface area contributed by atoms with E-state index in [1.165, 1.54) is 13.1 Å². The van der Waals surface area contributed by atoms with Gasteiger partial charge in [-0.3, -0.25) is 14.4 Å². The monoisotopic (exact) mass is 373 g/mol. The highest BCUT2D eigenvalue weighted by Gasteiger charge is 2.12. The fourth-order valence-electron chi connectivity index (χ4n) is 2.09. The molecule has 2 rings (SSSR count). The smallest absolute Gasteiger partial charge is 0.255 e. The van der Waals surface area contributed by atoms with E-state index < -0.39 is 0 Å². The van der Waals surface area contributed by atoms with Crippen LogP contribution in [-0.4, -0.2) is 24.8 Å². The number of halogens is 1. The highest BCUT2D eigenvalue weighted by Crippen LogP contribution is 2.24. The van der Waals surface area contributed by atoms with E-state index in [1.807, 2.05) is 0 Å². The summed E-state index contributed by atoms with van der Waals surface area (Å²) in [6, 6.07) is 11.1. The second-order valence-corrected chi connectivity index (χ2v) is 6.36. The standard InChI is InChI=1S/C19H20ClN3O3/c1-11(2)17(24)22-14-7-4-12(5-8-14)19(26)23-16-10-13(18(25)21-3)6-9-15(16)20/h4-11H,1-3H3,(H,21,25)(H,22,24)(H,23,26). The number of amides is 3. The van der Waals surface area contributed by atoms with E-state index in [4.69, 9.17) is 11.6 Å². The Bertz CT molecular complexity index is 832. The topological polar surface area (TPSA) is 87.3 Å². The van der Waals surface area contributed by atoms with Gasteiger partial charge in [-0.2, -0.15) is 0 Å². The van der Waals surface area contributed by atoms with E-state index in [0.29, 0.717) is 27.5 Å². The molecule has 6 nitrogen and oxygen atoms in total. The minimum Gasteiger partial charge on any atom is -0.355 e. The number of nitrogens with one attached hydrogen (secondary N) is 3. The number of benzene rings is 2. The average Bonchev–Trinajstić information content (AvgIpc) is 2.63. The minimum atomic E-state index is -0.373. The van der Waals surface area contributed by atoms with Crippen LogP contribution in [0, 0.1) is 5.92 Å². The van der Waals surface area contributed by atoms with Crippen molar-refractivity contribution in [3.63, 3.8) is 0 Å². The highest BCUT2D eigenvalue weighted by atomic mass is 35.5. The van der Waals surface area contributed by atoms with Gasteiger partial charge in [-0.15, -0.1) is 0 Å². The molecule has 0 bridgehead atoms. The Morgan fingerprint density at radius 2 is 1.50 bits per heavy atom. The zero-order valence-corrected chi connectivity index (χ0v) is 15.5. The van der Waals surface area contributed by atoms with Crippen LogP contribution in [0.15, 0.2) is 42.5 Å². The number of anilines is 2. The molecule has 0 heterocycles. The van der Waals surface area contributed by atoms with E-state index in [-0.39, 0.29) is 23.6 Å². The molecule has 0 saturated carbocycles. The van der Waals surface area contributed by atoms with E-state index in [1.54, 1.807) is 50.2 Å². The Balaban J connectivity index is 2.13. The van der Waals surface area contributed by atoms with Gasteiger partial charge in [0.2, 0.25) is 5.91 Å². The lowest BCUT2D eigenvalue weighted by atomic mass is 10.1. The molecule has 136 valence electrons. The molecule has 7 heteroatoms. The van der Waals surface area contributed by atoms with Gasteiger partial charge in [-0.1, -0.05) is 25.4 Å². The van der Waals surface area contributed by atoms with Gasteiger partial charge in [0, 0.05) is 29.8 Å². The predicted octanol–water partition coefficient (Wildman–Crippen LogP) is 3.55. The quantitative estimate of drug-likeness (QED) is 0.749. The summed E-state index contributed by atoms with van der Waals surface area (Å²) in [6.07, 6.45) is 0. The summed E-state index contributed by atoms with van der Waals surface area (Å²) in [5.41, 5.74) is 1.74. The van der Waals surface area contributed by atoms with Crippen LogP contribution in [0.4, 0.5) is 11.4 Å². The molecule has 26 heavy (non-hydrogen) atoms. The number of hydrogen-bond donors (Lipinski definition) is 3. The summed E-state index contributed by atoms with van der Waals surface area (Å²) >= 11 is 6.09. The van der Waals surface area contributed by atoms with Crippen molar-refractivity contribution in [3.8, 4) is 0 Å². The lowest BCUT2D eigenvalue weighted by Crippen LogP contribution is -2.19. The molecule has 0 aromatic heterocycles. The Hall–Kier alpha value is -2.86. The van der Waals surface area contributed by atoms with Crippen LogP contribution >= 0.6 is 11.6 Å². The van der Waals surface area contributed by atoms with Crippen molar-refractivity contribution in [2.45, 2.75) is 13.8 Å². The molecule has 3 amide bonds. The SMILES string of the molecule is CNC(=O)c1ccc(Cl)c(NC(=O)c2ccc(NC(=O)C(C)C)cc2)c1. The van der Waals surface area contributed by atoms with E-state index in [9.17, 15) is 14.4 Å². The Morgan fingerprint density at radius 1 is 0.885 bits per heavy atom. The Labute approximate surface area is 156 Å². The second-order valence-electron chi connectivity index (χ2n) is 5.95. The molecule has 0 aliphatic heterocycles. The number of carbonyl (C=O) groups is 3. The van der Waals surface area contributed by atoms with Crippen LogP contribution in [0.3, 0.4) is 0 Å². The number of hydrogen-bond acceptors (Lipinski definition) is 3. The van der Waals surface area contributed by atoms with E-state index in [2.05, 4.69) is 16.0 Å². The van der Waals surface area contributed by atoms with Crippen molar-refractivity contribution in [1.82, 2.24) is 5.32 Å². The lowest BCUT2D eigenvalue weighted by Gasteiger charge is -2.10. The first-order valence-electron chi connectivity index (χ1n) is 8.05. The molecule has 0 fully saturated rings. The fourth-order valence-corrected chi connectivity index (χ4v) is 2.26. The van der Waals surface area contributed by atoms with Gasteiger partial charge in [0.15, 0.2) is 0 Å². The Morgan fingerprint density at radius 3 is 2.08 bits per heavy atom. The van der Waals surface area contributed by atoms with Crippen LogP contribution in [-0.2, 0) is 4.79 Å². The van der Waals surface area contributed by atoms with Crippen molar-refractivity contribution >= 4 is 40.7 Å². The van der Waals surface area contributed by atoms with Crippen molar-refractivity contribution < 1.29 is 14.4 Å². The van der Waals surface area contributed by atoms with Crippen LogP contribution in [0.5, 0.6) is 0 Å². The first-order valence-corrected chi connectivity index (χ1v) is 8.43. The second kappa shape index (κ2) is 8.49. The molecule has 0 radical (unpaired) electrons. The zero-order valence-electron chi connectivity index (χ0n) is 14.7. The number of rotatable bonds is 5. The minimum absolute atomic E-state index is 0.0972. The molecule has 0 spiro atoms. The molecule has 0 aliphatic rings. The molecule has 0 atom stereocenters. The first-order chi connectivity index (χ1) is 12.3. The molecule has 0 saturated heterocycles. The van der Waals surface area contributed by atoms with Gasteiger partial charge in [0.1, 0.15) is 0 Å². The molecule has 3 N–H and O–H groups in total. The van der Waals surface area contributed by atoms with Crippen LogP contribution < -0.4 is 16.0 Å². The van der Waals surface area contributed by atoms with Crippen molar-refractivity contribution in [1.29, 1.82) is 0 Å².